The third kappa shape index (κ3) is 31.0. The summed E-state index contributed by atoms with van der Waals surface area (Å²) < 4.78 is 21.7. The fourth-order valence-corrected chi connectivity index (χ4v) is 6.52. The summed E-state index contributed by atoms with van der Waals surface area (Å²) in [5, 5.41) is 0. The number of hydrogen-bond acceptors (Lipinski definition) is 8. The molecular weight excluding hydrogens is 861 g/mol. The number of benzene rings is 2. The molecule has 0 fully saturated rings. The quantitative estimate of drug-likeness (QED) is 0.0166. The number of methoxy groups -OCH3 is 2. The maximum Gasteiger partial charge on any atom is 0.336 e. The van der Waals surface area contributed by atoms with Crippen molar-refractivity contribution in [2.45, 2.75) is 123 Å². The maximum absolute atomic E-state index is 12.6. The average molecular weight is 937 g/mol. The molecule has 2 aromatic carbocycles. The minimum absolute atomic E-state index is 0.220. The van der Waals surface area contributed by atoms with Gasteiger partial charge < -0.3 is 18.9 Å². The molecule has 0 aliphatic carbocycles. The molecule has 2 aromatic rings. The molecule has 8 nitrogen and oxygen atoms in total. The van der Waals surface area contributed by atoms with E-state index in [4.69, 9.17) is 18.9 Å². The predicted molar refractivity (Wildman–Crippen MR) is 287 cm³/mol. The molecule has 0 radical (unpaired) electrons. The second kappa shape index (κ2) is 40.3. The first-order chi connectivity index (χ1) is 33.8. The summed E-state index contributed by atoms with van der Waals surface area (Å²) in [4.78, 5) is 50.1. The van der Waals surface area contributed by atoms with Gasteiger partial charge in [0.05, 0.1) is 20.6 Å². The lowest BCUT2D eigenvalue weighted by Gasteiger charge is -2.08. The Morgan fingerprint density at radius 1 is 0.391 bits per heavy atom. The van der Waals surface area contributed by atoms with Gasteiger partial charge in [0.2, 0.25) is 0 Å². The minimum atomic E-state index is -0.576. The van der Waals surface area contributed by atoms with Crippen LogP contribution in [0.3, 0.4) is 0 Å². The van der Waals surface area contributed by atoms with Gasteiger partial charge in [-0.25, -0.2) is 9.59 Å². The molecule has 0 N–H and O–H groups in total. The summed E-state index contributed by atoms with van der Waals surface area (Å²) in [6.07, 6.45) is 62.9. The molecule has 0 bridgehead atoms. The highest BCUT2D eigenvalue weighted by Gasteiger charge is 2.11. The topological polar surface area (TPSA) is 105 Å². The van der Waals surface area contributed by atoms with Crippen molar-refractivity contribution in [3.05, 3.63) is 181 Å². The van der Waals surface area contributed by atoms with E-state index >= 15 is 0 Å². The van der Waals surface area contributed by atoms with Crippen molar-refractivity contribution in [1.29, 1.82) is 0 Å². The summed E-state index contributed by atoms with van der Waals surface area (Å²) in [5.41, 5.74) is 1.22. The molecule has 0 heterocycles. The molecule has 0 aliphatic rings. The smallest absolute Gasteiger partial charge is 0.336 e. The number of ether oxygens (including phenoxy) is 4. The Balaban J connectivity index is 1.75. The van der Waals surface area contributed by atoms with Gasteiger partial charge in [0.25, 0.3) is 0 Å². The van der Waals surface area contributed by atoms with Crippen LogP contribution in [0.4, 0.5) is 0 Å². The van der Waals surface area contributed by atoms with E-state index in [-0.39, 0.29) is 17.9 Å². The van der Waals surface area contributed by atoms with E-state index in [1.165, 1.54) is 128 Å². The molecule has 2 rings (SSSR count). The van der Waals surface area contributed by atoms with Crippen LogP contribution in [0, 0.1) is 0 Å². The molecule has 0 saturated carbocycles. The van der Waals surface area contributed by atoms with E-state index in [0.717, 1.165) is 12.8 Å². The molecule has 0 aliphatic heterocycles. The molecule has 0 saturated heterocycles. The van der Waals surface area contributed by atoms with E-state index in [1.807, 2.05) is 60.8 Å². The van der Waals surface area contributed by atoms with Gasteiger partial charge >= 0.3 is 11.9 Å². The Morgan fingerprint density at radius 3 is 1.09 bits per heavy atom. The standard InChI is InChI=1S/C61H76O8/c1-5-7-9-11-13-15-17-19-21-23-25-27-29-31-33-35-37-39-60(64)68-56-47-43-52(49-58(56)66-3)41-45-54(62)51-55(63)46-42-53-44-48-57(59(50-53)67-4)69-61(65)40-38-36-34-32-30-28-26-24-22-20-18-16-14-12-10-8-6-2/h21-50H,5-20,51H2,1-4H3/b23-21+,24-22+,27-25+,28-26+,31-29+,32-30+,35-33+,36-34+,39-37+,40-38+,45-41+,46-42+. The van der Waals surface area contributed by atoms with Crippen molar-refractivity contribution in [3.8, 4) is 23.0 Å². The Bertz CT molecular complexity index is 2030. The fourth-order valence-electron chi connectivity index (χ4n) is 6.52. The highest BCUT2D eigenvalue weighted by molar-refractivity contribution is 6.11. The molecule has 0 spiro atoms. The van der Waals surface area contributed by atoms with Gasteiger partial charge in [-0.1, -0.05) is 225 Å². The Kier molecular flexibility index (Phi) is 34.1. The molecule has 8 heteroatoms. The SMILES string of the molecule is CCCCCCCCC/C=C/C=C/C=C/C=C/C=C/C(=O)Oc1ccc(/C=C/C(=O)CC(=O)/C=C/c2ccc(OC(=O)/C=C/C=C/C=C/C=C/C=C/CCCCCCCCC)c(OC)c2)cc1OC. The van der Waals surface area contributed by atoms with Crippen molar-refractivity contribution in [3.63, 3.8) is 0 Å². The van der Waals surface area contributed by atoms with E-state index < -0.39 is 23.5 Å². The van der Waals surface area contributed by atoms with Gasteiger partial charge in [0.15, 0.2) is 34.6 Å². The van der Waals surface area contributed by atoms with Crippen molar-refractivity contribution >= 4 is 35.7 Å². The normalized spacial score (nSPS) is 12.6. The number of carbonyl (C=O) groups excluding carboxylic acids is 4. The zero-order chi connectivity index (χ0) is 49.8. The second-order valence-corrected chi connectivity index (χ2v) is 16.1. The first-order valence-electron chi connectivity index (χ1n) is 24.7. The number of rotatable bonds is 36. The van der Waals surface area contributed by atoms with Gasteiger partial charge in [0, 0.05) is 12.2 Å². The third-order valence-corrected chi connectivity index (χ3v) is 10.3. The number of allylic oxidation sites excluding steroid dienone is 20. The van der Waals surface area contributed by atoms with Crippen LogP contribution in [0.5, 0.6) is 23.0 Å². The molecule has 69 heavy (non-hydrogen) atoms. The number of unbranched alkanes of at least 4 members (excludes halogenated alkanes) is 14. The van der Waals surface area contributed by atoms with Gasteiger partial charge in [-0.05, 0) is 73.2 Å². The van der Waals surface area contributed by atoms with Crippen LogP contribution in [-0.2, 0) is 19.2 Å². The van der Waals surface area contributed by atoms with Gasteiger partial charge in [-0.2, -0.15) is 0 Å². The van der Waals surface area contributed by atoms with Gasteiger partial charge in [-0.15, -0.1) is 0 Å². The lowest BCUT2D eigenvalue weighted by atomic mass is 10.1. The summed E-state index contributed by atoms with van der Waals surface area (Å²) in [6, 6.07) is 9.73. The molecule has 368 valence electrons. The molecular formula is C61H76O8. The Morgan fingerprint density at radius 2 is 0.725 bits per heavy atom. The third-order valence-electron chi connectivity index (χ3n) is 10.3. The van der Waals surface area contributed by atoms with E-state index in [1.54, 1.807) is 72.9 Å². The summed E-state index contributed by atoms with van der Waals surface area (Å²) >= 11 is 0. The first kappa shape index (κ1) is 58.3. The summed E-state index contributed by atoms with van der Waals surface area (Å²) in [6.45, 7) is 4.48. The van der Waals surface area contributed by atoms with Crippen molar-refractivity contribution in [2.24, 2.45) is 0 Å². The van der Waals surface area contributed by atoms with Crippen LogP contribution >= 0.6 is 0 Å². The van der Waals surface area contributed by atoms with Crippen LogP contribution in [0.25, 0.3) is 12.2 Å². The summed E-state index contributed by atoms with van der Waals surface area (Å²) in [5.74, 6) is -0.911. The highest BCUT2D eigenvalue weighted by atomic mass is 16.6. The summed E-state index contributed by atoms with van der Waals surface area (Å²) in [7, 11) is 2.90. The van der Waals surface area contributed by atoms with Crippen molar-refractivity contribution < 1.29 is 38.1 Å². The largest absolute Gasteiger partial charge is 0.493 e. The first-order valence-corrected chi connectivity index (χ1v) is 24.7. The number of esters is 2. The van der Waals surface area contributed by atoms with Gasteiger partial charge in [0.1, 0.15) is 0 Å². The van der Waals surface area contributed by atoms with Crippen molar-refractivity contribution in [1.82, 2.24) is 0 Å². The Labute approximate surface area is 413 Å². The number of hydrogen-bond donors (Lipinski definition) is 0. The molecule has 0 atom stereocenters. The molecule has 0 unspecified atom stereocenters. The van der Waals surface area contributed by atoms with Crippen molar-refractivity contribution in [2.75, 3.05) is 14.2 Å². The van der Waals surface area contributed by atoms with Crippen LogP contribution in [-0.4, -0.2) is 37.7 Å². The highest BCUT2D eigenvalue weighted by Crippen LogP contribution is 2.30. The molecule has 0 aromatic heterocycles. The zero-order valence-electron chi connectivity index (χ0n) is 41.6. The van der Waals surface area contributed by atoms with E-state index in [2.05, 4.69) is 38.2 Å². The molecule has 0 amide bonds. The minimum Gasteiger partial charge on any atom is -0.493 e. The van der Waals surface area contributed by atoms with Gasteiger partial charge in [-0.3, -0.25) is 9.59 Å². The van der Waals surface area contributed by atoms with Crippen LogP contribution in [0.1, 0.15) is 134 Å². The zero-order valence-corrected chi connectivity index (χ0v) is 41.6. The second-order valence-electron chi connectivity index (χ2n) is 16.1. The van der Waals surface area contributed by atoms with Crippen LogP contribution in [0.15, 0.2) is 170 Å². The van der Waals surface area contributed by atoms with E-state index in [9.17, 15) is 19.2 Å². The number of carbonyl (C=O) groups is 4. The van der Waals surface area contributed by atoms with E-state index in [0.29, 0.717) is 22.6 Å². The maximum atomic E-state index is 12.6. The lowest BCUT2D eigenvalue weighted by molar-refractivity contribution is -0.130. The average Bonchev–Trinajstić information content (AvgIpc) is 3.35. The fraction of sp³-hybridized carbons (Fsp3) is 0.344. The monoisotopic (exact) mass is 937 g/mol. The Hall–Kier alpha value is -6.80. The van der Waals surface area contributed by atoms with Crippen LogP contribution in [0.2, 0.25) is 0 Å². The predicted octanol–water partition coefficient (Wildman–Crippen LogP) is 15.6. The van der Waals surface area contributed by atoms with Crippen LogP contribution < -0.4 is 18.9 Å². The number of ketones is 2. The lowest BCUT2D eigenvalue weighted by Crippen LogP contribution is -2.05.